The number of nitrogens with zero attached hydrogens (tertiary/aromatic N) is 4. The lowest BCUT2D eigenvalue weighted by atomic mass is 10.2. The molecule has 1 aliphatic heterocycles. The molecule has 1 atom stereocenters. The number of rotatable bonds is 4. The normalized spacial score (nSPS) is 15.1. The van der Waals surface area contributed by atoms with Gasteiger partial charge in [0.05, 0.1) is 34.7 Å². The smallest absolute Gasteiger partial charge is 0.267 e. The zero-order valence-electron chi connectivity index (χ0n) is 17.2. The minimum Gasteiger partial charge on any atom is -0.486 e. The van der Waals surface area contributed by atoms with Crippen molar-refractivity contribution in [1.29, 1.82) is 0 Å². The maximum absolute atomic E-state index is 13.9. The van der Waals surface area contributed by atoms with E-state index in [2.05, 4.69) is 25.5 Å². The highest BCUT2D eigenvalue weighted by atomic mass is 19.1. The van der Waals surface area contributed by atoms with Gasteiger partial charge in [-0.25, -0.2) is 9.37 Å². The fourth-order valence-corrected chi connectivity index (χ4v) is 3.90. The molecule has 0 radical (unpaired) electrons. The van der Waals surface area contributed by atoms with Gasteiger partial charge in [-0.1, -0.05) is 18.2 Å². The number of aromatic amines is 1. The number of H-pyrrole nitrogens is 1. The molecule has 0 bridgehead atoms. The largest absolute Gasteiger partial charge is 0.486 e. The molecular formula is C23H17FN6O3. The Labute approximate surface area is 185 Å². The number of pyridine rings is 1. The molecule has 2 N–H and O–H groups in total. The lowest BCUT2D eigenvalue weighted by molar-refractivity contribution is 0.0996. The van der Waals surface area contributed by atoms with E-state index in [1.54, 1.807) is 18.3 Å². The van der Waals surface area contributed by atoms with Crippen LogP contribution in [0.3, 0.4) is 0 Å². The fraction of sp³-hybridized carbons (Fsp3) is 0.130. The van der Waals surface area contributed by atoms with E-state index in [1.165, 1.54) is 22.9 Å². The van der Waals surface area contributed by atoms with Gasteiger partial charge in [0.25, 0.3) is 5.56 Å². The number of anilines is 1. The Bertz CT molecular complexity index is 1560. The van der Waals surface area contributed by atoms with Gasteiger partial charge in [-0.15, -0.1) is 0 Å². The number of benzene rings is 2. The van der Waals surface area contributed by atoms with E-state index in [0.717, 1.165) is 0 Å². The summed E-state index contributed by atoms with van der Waals surface area (Å²) < 4.78 is 27.0. The lowest BCUT2D eigenvalue weighted by Gasteiger charge is -2.26. The van der Waals surface area contributed by atoms with Crippen LogP contribution >= 0.6 is 0 Å². The monoisotopic (exact) mass is 444 g/mol. The predicted octanol–water partition coefficient (Wildman–Crippen LogP) is 3.05. The summed E-state index contributed by atoms with van der Waals surface area (Å²) in [6.45, 7) is 0.761. The van der Waals surface area contributed by atoms with Gasteiger partial charge in [0.15, 0.2) is 17.1 Å². The highest BCUT2D eigenvalue weighted by Crippen LogP contribution is 2.31. The Balaban J connectivity index is 1.38. The molecule has 2 aromatic carbocycles. The predicted molar refractivity (Wildman–Crippen MR) is 120 cm³/mol. The standard InChI is InChI=1S/C23H17FN6O3/c24-13-4-3-5-14(8-13)30-21-16(20-17(22(30)31)11-27-29-20)10-26-23(28-21)25-9-15-12-32-18-6-1-2-7-19(18)33-15/h1-8,10-11,15H,9,12H2,(H,27,29)(H,25,26,28)/t15-/m0/s1. The van der Waals surface area contributed by atoms with Crippen LogP contribution < -0.4 is 20.3 Å². The third-order valence-corrected chi connectivity index (χ3v) is 5.44. The van der Waals surface area contributed by atoms with Crippen molar-refractivity contribution < 1.29 is 13.9 Å². The molecule has 4 heterocycles. The SMILES string of the molecule is O=c1c2cn[nH]c2c2cnc(NC[C@H]3COc4ccccc4O3)nc2n1-c1cccc(F)c1. The Morgan fingerprint density at radius 2 is 2.00 bits per heavy atom. The van der Waals surface area contributed by atoms with Crippen molar-refractivity contribution in [2.45, 2.75) is 6.10 Å². The number of ether oxygens (including phenoxy) is 2. The Kier molecular flexibility index (Phi) is 4.42. The van der Waals surface area contributed by atoms with E-state index in [1.807, 2.05) is 24.3 Å². The van der Waals surface area contributed by atoms with Crippen molar-refractivity contribution in [3.8, 4) is 17.2 Å². The van der Waals surface area contributed by atoms with Crippen LogP contribution in [-0.2, 0) is 0 Å². The number of nitrogens with one attached hydrogen (secondary N) is 2. The van der Waals surface area contributed by atoms with Crippen LogP contribution in [0.2, 0.25) is 0 Å². The number of halogens is 1. The first kappa shape index (κ1) is 19.2. The number of fused-ring (bicyclic) bond motifs is 4. The summed E-state index contributed by atoms with van der Waals surface area (Å²) in [7, 11) is 0. The number of hydrogen-bond acceptors (Lipinski definition) is 7. The summed E-state index contributed by atoms with van der Waals surface area (Å²) in [5.41, 5.74) is 0.848. The maximum atomic E-state index is 13.9. The molecule has 33 heavy (non-hydrogen) atoms. The molecule has 0 saturated heterocycles. The van der Waals surface area contributed by atoms with Crippen molar-refractivity contribution in [3.05, 3.63) is 77.1 Å². The molecule has 164 valence electrons. The number of hydrogen-bond donors (Lipinski definition) is 2. The third kappa shape index (κ3) is 3.32. The second kappa shape index (κ2) is 7.59. The van der Waals surface area contributed by atoms with Crippen molar-refractivity contribution in [3.63, 3.8) is 0 Å². The average molecular weight is 444 g/mol. The van der Waals surface area contributed by atoms with Crippen molar-refractivity contribution in [2.75, 3.05) is 18.5 Å². The minimum atomic E-state index is -0.457. The van der Waals surface area contributed by atoms with Gasteiger partial charge in [-0.2, -0.15) is 10.1 Å². The fourth-order valence-electron chi connectivity index (χ4n) is 3.90. The number of para-hydroxylation sites is 2. The highest BCUT2D eigenvalue weighted by Gasteiger charge is 2.21. The zero-order chi connectivity index (χ0) is 22.4. The van der Waals surface area contributed by atoms with E-state index in [0.29, 0.717) is 58.2 Å². The second-order valence-corrected chi connectivity index (χ2v) is 7.59. The first-order valence-electron chi connectivity index (χ1n) is 10.3. The van der Waals surface area contributed by atoms with Crippen LogP contribution in [0.25, 0.3) is 27.6 Å². The van der Waals surface area contributed by atoms with E-state index in [9.17, 15) is 9.18 Å². The van der Waals surface area contributed by atoms with E-state index >= 15 is 0 Å². The quantitative estimate of drug-likeness (QED) is 0.439. The third-order valence-electron chi connectivity index (χ3n) is 5.44. The molecule has 0 amide bonds. The van der Waals surface area contributed by atoms with Crippen LogP contribution in [0.5, 0.6) is 11.5 Å². The Morgan fingerprint density at radius 3 is 2.88 bits per heavy atom. The molecule has 10 heteroatoms. The van der Waals surface area contributed by atoms with Gasteiger partial charge in [0, 0.05) is 6.20 Å². The van der Waals surface area contributed by atoms with Crippen LogP contribution in [0.15, 0.2) is 65.7 Å². The molecule has 0 unspecified atom stereocenters. The maximum Gasteiger partial charge on any atom is 0.267 e. The molecule has 9 nitrogen and oxygen atoms in total. The van der Waals surface area contributed by atoms with Gasteiger partial charge in [-0.05, 0) is 30.3 Å². The van der Waals surface area contributed by atoms with Gasteiger partial charge in [0.2, 0.25) is 5.95 Å². The minimum absolute atomic E-state index is 0.250. The van der Waals surface area contributed by atoms with Crippen LogP contribution in [0.1, 0.15) is 0 Å². The van der Waals surface area contributed by atoms with E-state index in [4.69, 9.17) is 9.47 Å². The van der Waals surface area contributed by atoms with Crippen LogP contribution in [0.4, 0.5) is 10.3 Å². The van der Waals surface area contributed by atoms with Gasteiger partial charge < -0.3 is 14.8 Å². The van der Waals surface area contributed by atoms with Gasteiger partial charge in [-0.3, -0.25) is 14.5 Å². The summed E-state index contributed by atoms with van der Waals surface area (Å²) in [5, 5.41) is 10.9. The van der Waals surface area contributed by atoms with Crippen molar-refractivity contribution in [2.24, 2.45) is 0 Å². The van der Waals surface area contributed by atoms with Crippen molar-refractivity contribution in [1.82, 2.24) is 24.7 Å². The summed E-state index contributed by atoms with van der Waals surface area (Å²) in [6.07, 6.45) is 2.80. The first-order chi connectivity index (χ1) is 16.2. The summed E-state index contributed by atoms with van der Waals surface area (Å²) in [6, 6.07) is 13.3. The summed E-state index contributed by atoms with van der Waals surface area (Å²) >= 11 is 0. The second-order valence-electron chi connectivity index (χ2n) is 7.59. The Morgan fingerprint density at radius 1 is 1.12 bits per heavy atom. The van der Waals surface area contributed by atoms with Gasteiger partial charge >= 0.3 is 0 Å². The Hall–Kier alpha value is -4.47. The molecular weight excluding hydrogens is 427 g/mol. The first-order valence-corrected chi connectivity index (χ1v) is 10.3. The lowest BCUT2D eigenvalue weighted by Crippen LogP contribution is -2.35. The summed E-state index contributed by atoms with van der Waals surface area (Å²) in [5.74, 6) is 1.23. The average Bonchev–Trinajstić information content (AvgIpc) is 3.33. The van der Waals surface area contributed by atoms with Crippen LogP contribution in [0, 0.1) is 5.82 Å². The molecule has 0 saturated carbocycles. The molecule has 3 aromatic heterocycles. The molecule has 0 aliphatic carbocycles. The summed E-state index contributed by atoms with van der Waals surface area (Å²) in [4.78, 5) is 22.2. The van der Waals surface area contributed by atoms with E-state index in [-0.39, 0.29) is 11.7 Å². The van der Waals surface area contributed by atoms with Crippen LogP contribution in [-0.4, -0.2) is 44.0 Å². The molecule has 5 aromatic rings. The molecule has 1 aliphatic rings. The molecule has 6 rings (SSSR count). The van der Waals surface area contributed by atoms with E-state index < -0.39 is 5.82 Å². The van der Waals surface area contributed by atoms with Crippen molar-refractivity contribution >= 4 is 27.9 Å². The molecule has 0 spiro atoms. The highest BCUT2D eigenvalue weighted by molar-refractivity contribution is 6.02. The zero-order valence-corrected chi connectivity index (χ0v) is 17.2. The number of aromatic nitrogens is 5. The molecule has 0 fully saturated rings. The topological polar surface area (TPSA) is 107 Å². The van der Waals surface area contributed by atoms with Gasteiger partial charge in [0.1, 0.15) is 18.5 Å².